The van der Waals surface area contributed by atoms with Gasteiger partial charge >= 0.3 is 0 Å². The first kappa shape index (κ1) is 14.1. The van der Waals surface area contributed by atoms with E-state index in [-0.39, 0.29) is 5.82 Å². The van der Waals surface area contributed by atoms with E-state index in [1.807, 2.05) is 18.2 Å². The van der Waals surface area contributed by atoms with Crippen LogP contribution < -0.4 is 10.7 Å². The van der Waals surface area contributed by atoms with Gasteiger partial charge < -0.3 is 5.32 Å². The van der Waals surface area contributed by atoms with Crippen LogP contribution in [0.15, 0.2) is 53.8 Å². The molecule has 20 heavy (non-hydrogen) atoms. The van der Waals surface area contributed by atoms with Crippen molar-refractivity contribution >= 4 is 23.0 Å². The van der Waals surface area contributed by atoms with Gasteiger partial charge in [-0.05, 0) is 48.6 Å². The van der Waals surface area contributed by atoms with E-state index in [9.17, 15) is 4.39 Å². The van der Waals surface area contributed by atoms with Crippen molar-refractivity contribution in [1.29, 1.82) is 0 Å². The van der Waals surface area contributed by atoms with Gasteiger partial charge in [0.2, 0.25) is 0 Å². The van der Waals surface area contributed by atoms with Gasteiger partial charge in [0.15, 0.2) is 5.11 Å². The molecule has 0 bridgehead atoms. The van der Waals surface area contributed by atoms with Crippen LogP contribution in [0, 0.1) is 5.82 Å². The maximum absolute atomic E-state index is 13.0. The number of pyridine rings is 1. The van der Waals surface area contributed by atoms with Crippen molar-refractivity contribution in [2.24, 2.45) is 5.10 Å². The van der Waals surface area contributed by atoms with Gasteiger partial charge in [0, 0.05) is 18.8 Å². The van der Waals surface area contributed by atoms with Crippen LogP contribution in [0.2, 0.25) is 0 Å². The monoisotopic (exact) mass is 288 g/mol. The highest BCUT2D eigenvalue weighted by molar-refractivity contribution is 7.80. The Labute approximate surface area is 121 Å². The predicted molar refractivity (Wildman–Crippen MR) is 81.1 cm³/mol. The topological polar surface area (TPSA) is 49.3 Å². The highest BCUT2D eigenvalue weighted by Gasteiger charge is 2.08. The molecule has 0 aliphatic heterocycles. The number of hydrogen-bond acceptors (Lipinski definition) is 3. The second-order valence-electron chi connectivity index (χ2n) is 3.87. The number of aromatic nitrogens is 1. The summed E-state index contributed by atoms with van der Waals surface area (Å²) < 4.78 is 13.0. The number of nitrogens with one attached hydrogen (secondary N) is 2. The molecule has 1 aromatic heterocycles. The third-order valence-corrected chi connectivity index (χ3v) is 2.82. The average molecular weight is 288 g/mol. The van der Waals surface area contributed by atoms with Crippen LogP contribution in [-0.2, 0) is 0 Å². The molecule has 0 saturated heterocycles. The summed E-state index contributed by atoms with van der Waals surface area (Å²) in [5.41, 5.74) is 4.72. The van der Waals surface area contributed by atoms with Crippen LogP contribution in [0.1, 0.15) is 11.3 Å². The Balaban J connectivity index is 2.39. The van der Waals surface area contributed by atoms with E-state index < -0.39 is 0 Å². The van der Waals surface area contributed by atoms with Gasteiger partial charge in [-0.2, -0.15) is 5.10 Å². The van der Waals surface area contributed by atoms with Gasteiger partial charge in [0.1, 0.15) is 11.5 Å². The lowest BCUT2D eigenvalue weighted by Gasteiger charge is -2.08. The largest absolute Gasteiger partial charge is 0.364 e. The first-order valence-electron chi connectivity index (χ1n) is 5.93. The molecule has 4 nitrogen and oxygen atoms in total. The molecule has 0 radical (unpaired) electrons. The fraction of sp³-hybridized carbons (Fsp3) is 0.0714. The first-order valence-corrected chi connectivity index (χ1v) is 6.34. The minimum absolute atomic E-state index is 0.298. The molecule has 2 aromatic rings. The SMILES string of the molecule is CNC(=S)N/N=C(\c1ccc(F)cc1)c1ccccn1. The number of halogens is 1. The second-order valence-corrected chi connectivity index (χ2v) is 4.28. The van der Waals surface area contributed by atoms with Crippen LogP contribution >= 0.6 is 12.2 Å². The predicted octanol–water partition coefficient (Wildman–Crippen LogP) is 2.07. The summed E-state index contributed by atoms with van der Waals surface area (Å²) in [5.74, 6) is -0.298. The Kier molecular flexibility index (Phi) is 4.73. The summed E-state index contributed by atoms with van der Waals surface area (Å²) in [6.45, 7) is 0. The fourth-order valence-corrected chi connectivity index (χ4v) is 1.59. The van der Waals surface area contributed by atoms with Crippen molar-refractivity contribution in [3.05, 3.63) is 65.7 Å². The number of hydrogen-bond donors (Lipinski definition) is 2. The molecule has 0 amide bonds. The summed E-state index contributed by atoms with van der Waals surface area (Å²) in [7, 11) is 1.70. The third kappa shape index (κ3) is 3.58. The molecule has 0 unspecified atom stereocenters. The molecule has 0 atom stereocenters. The summed E-state index contributed by atoms with van der Waals surface area (Å²) in [4.78, 5) is 4.25. The van der Waals surface area contributed by atoms with E-state index in [0.717, 1.165) is 5.56 Å². The Hall–Kier alpha value is -2.34. The van der Waals surface area contributed by atoms with E-state index in [4.69, 9.17) is 12.2 Å². The standard InChI is InChI=1S/C14H13FN4S/c1-16-14(20)19-18-13(12-4-2-3-9-17-12)10-5-7-11(15)8-6-10/h2-9H,1H3,(H2,16,19,20)/b18-13+. The lowest BCUT2D eigenvalue weighted by atomic mass is 10.1. The van der Waals surface area contributed by atoms with E-state index in [1.165, 1.54) is 12.1 Å². The van der Waals surface area contributed by atoms with Crippen LogP contribution in [0.3, 0.4) is 0 Å². The molecule has 0 aliphatic carbocycles. The van der Waals surface area contributed by atoms with Crippen molar-refractivity contribution in [3.8, 4) is 0 Å². The van der Waals surface area contributed by atoms with Gasteiger partial charge in [-0.15, -0.1) is 0 Å². The maximum atomic E-state index is 13.0. The van der Waals surface area contributed by atoms with Gasteiger partial charge in [0.25, 0.3) is 0 Å². The second kappa shape index (κ2) is 6.72. The van der Waals surface area contributed by atoms with E-state index in [2.05, 4.69) is 20.8 Å². The number of nitrogens with zero attached hydrogens (tertiary/aromatic N) is 2. The van der Waals surface area contributed by atoms with Crippen molar-refractivity contribution in [2.45, 2.75) is 0 Å². The zero-order valence-electron chi connectivity index (χ0n) is 10.8. The van der Waals surface area contributed by atoms with Crippen molar-refractivity contribution in [3.63, 3.8) is 0 Å². The van der Waals surface area contributed by atoms with Gasteiger partial charge in [-0.3, -0.25) is 10.4 Å². The molecule has 0 aliphatic rings. The smallest absolute Gasteiger partial charge is 0.186 e. The average Bonchev–Trinajstić information content (AvgIpc) is 2.50. The Morgan fingerprint density at radius 1 is 1.20 bits per heavy atom. The van der Waals surface area contributed by atoms with Crippen LogP contribution in [-0.4, -0.2) is 22.9 Å². The summed E-state index contributed by atoms with van der Waals surface area (Å²) >= 11 is 4.98. The summed E-state index contributed by atoms with van der Waals surface area (Å²) in [6.07, 6.45) is 1.67. The fourth-order valence-electron chi connectivity index (χ4n) is 1.54. The van der Waals surface area contributed by atoms with Crippen molar-refractivity contribution in [2.75, 3.05) is 7.05 Å². The Morgan fingerprint density at radius 2 is 1.95 bits per heavy atom. The first-order chi connectivity index (χ1) is 9.70. The quantitative estimate of drug-likeness (QED) is 0.516. The maximum Gasteiger partial charge on any atom is 0.186 e. The van der Waals surface area contributed by atoms with Crippen molar-refractivity contribution < 1.29 is 4.39 Å². The molecule has 0 spiro atoms. The zero-order chi connectivity index (χ0) is 14.4. The lowest BCUT2D eigenvalue weighted by molar-refractivity contribution is 0.628. The molecule has 0 fully saturated rings. The van der Waals surface area contributed by atoms with E-state index in [0.29, 0.717) is 16.5 Å². The summed E-state index contributed by atoms with van der Waals surface area (Å²) in [5, 5.41) is 7.40. The van der Waals surface area contributed by atoms with E-state index in [1.54, 1.807) is 25.4 Å². The number of rotatable bonds is 3. The van der Waals surface area contributed by atoms with E-state index >= 15 is 0 Å². The van der Waals surface area contributed by atoms with Gasteiger partial charge in [-0.25, -0.2) is 4.39 Å². The van der Waals surface area contributed by atoms with Crippen LogP contribution in [0.25, 0.3) is 0 Å². The molecule has 102 valence electrons. The molecular weight excluding hydrogens is 275 g/mol. The molecule has 1 heterocycles. The normalized spacial score (nSPS) is 11.0. The van der Waals surface area contributed by atoms with Crippen molar-refractivity contribution in [1.82, 2.24) is 15.7 Å². The van der Waals surface area contributed by atoms with Crippen LogP contribution in [0.5, 0.6) is 0 Å². The number of thiocarbonyl (C=S) groups is 1. The van der Waals surface area contributed by atoms with Gasteiger partial charge in [-0.1, -0.05) is 6.07 Å². The third-order valence-electron chi connectivity index (χ3n) is 2.52. The van der Waals surface area contributed by atoms with Gasteiger partial charge in [0.05, 0.1) is 5.69 Å². The molecule has 2 N–H and O–H groups in total. The lowest BCUT2D eigenvalue weighted by Crippen LogP contribution is -2.29. The molecule has 6 heteroatoms. The minimum atomic E-state index is -0.298. The molecular formula is C14H13FN4S. The number of hydrazone groups is 1. The highest BCUT2D eigenvalue weighted by Crippen LogP contribution is 2.09. The zero-order valence-corrected chi connectivity index (χ0v) is 11.6. The molecule has 1 aromatic carbocycles. The molecule has 0 saturated carbocycles. The minimum Gasteiger partial charge on any atom is -0.364 e. The Morgan fingerprint density at radius 3 is 2.55 bits per heavy atom. The molecule has 2 rings (SSSR count). The van der Waals surface area contributed by atoms with Crippen LogP contribution in [0.4, 0.5) is 4.39 Å². The number of benzene rings is 1. The summed E-state index contributed by atoms with van der Waals surface area (Å²) in [6, 6.07) is 11.6. The Bertz CT molecular complexity index is 611. The highest BCUT2D eigenvalue weighted by atomic mass is 32.1.